The third-order valence-electron chi connectivity index (χ3n) is 3.72. The monoisotopic (exact) mass is 300 g/mol. The van der Waals surface area contributed by atoms with Gasteiger partial charge < -0.3 is 10.2 Å². The molecule has 5 heteroatoms. The number of benzene rings is 1. The van der Waals surface area contributed by atoms with Gasteiger partial charge in [0.25, 0.3) is 0 Å². The Hall–Kier alpha value is -2.30. The van der Waals surface area contributed by atoms with Crippen LogP contribution in [-0.4, -0.2) is 36.5 Å². The summed E-state index contributed by atoms with van der Waals surface area (Å²) in [5.41, 5.74) is 2.94. The molecule has 0 saturated carbocycles. The van der Waals surface area contributed by atoms with E-state index in [4.69, 9.17) is 0 Å². The van der Waals surface area contributed by atoms with E-state index in [1.807, 2.05) is 32.0 Å². The molecule has 22 heavy (non-hydrogen) atoms. The molecule has 1 aliphatic rings. The highest BCUT2D eigenvalue weighted by atomic mass is 16.2. The number of carbonyl (C=O) groups excluding carboxylic acids is 1. The number of likely N-dealkylation sites (tertiary alicyclic amines) is 1. The Labute approximate surface area is 132 Å². The van der Waals surface area contributed by atoms with Crippen molar-refractivity contribution in [2.45, 2.75) is 26.7 Å². The van der Waals surface area contributed by atoms with Crippen molar-refractivity contribution >= 4 is 17.7 Å². The number of carbonyl (C=O) groups is 1. The lowest BCUT2D eigenvalue weighted by Gasteiger charge is -2.21. The Morgan fingerprint density at radius 1 is 1.32 bits per heavy atom. The number of aryl methyl sites for hydroxylation is 2. The van der Waals surface area contributed by atoms with Crippen LogP contribution in [0.2, 0.25) is 0 Å². The van der Waals surface area contributed by atoms with Gasteiger partial charge in [-0.2, -0.15) is 0 Å². The van der Waals surface area contributed by atoms with Crippen molar-refractivity contribution in [3.8, 4) is 0 Å². The zero-order valence-electron chi connectivity index (χ0n) is 13.4. The van der Waals surface area contributed by atoms with Gasteiger partial charge in [-0.15, -0.1) is 6.58 Å². The number of rotatable bonds is 3. The van der Waals surface area contributed by atoms with Crippen LogP contribution in [0.3, 0.4) is 0 Å². The maximum atomic E-state index is 12.3. The minimum absolute atomic E-state index is 0.257. The fraction of sp³-hybridized carbons (Fsp3) is 0.412. The molecule has 2 N–H and O–H groups in total. The summed E-state index contributed by atoms with van der Waals surface area (Å²) in [4.78, 5) is 18.8. The van der Waals surface area contributed by atoms with Gasteiger partial charge >= 0.3 is 6.03 Å². The van der Waals surface area contributed by atoms with Crippen molar-refractivity contribution in [3.05, 3.63) is 42.0 Å². The number of guanidine groups is 1. The molecule has 2 rings (SSSR count). The maximum Gasteiger partial charge on any atom is 0.326 e. The van der Waals surface area contributed by atoms with Gasteiger partial charge in [-0.1, -0.05) is 24.3 Å². The van der Waals surface area contributed by atoms with Crippen molar-refractivity contribution in [1.29, 1.82) is 0 Å². The standard InChI is InChI=1S/C17H24N4O/c1-4-10-18-16(21-11-5-6-12-21)20-17(22)19-15-13(2)8-7-9-14(15)3/h4,7-9H,1,5-6,10-12H2,2-3H3,(H2,18,19,20,22). The average molecular weight is 300 g/mol. The summed E-state index contributed by atoms with van der Waals surface area (Å²) in [7, 11) is 0. The van der Waals surface area contributed by atoms with Crippen LogP contribution in [-0.2, 0) is 0 Å². The summed E-state index contributed by atoms with van der Waals surface area (Å²) in [5, 5.41) is 5.80. The molecule has 0 aromatic heterocycles. The molecule has 1 fully saturated rings. The molecule has 1 aromatic carbocycles. The number of urea groups is 1. The molecule has 0 radical (unpaired) electrons. The molecular formula is C17H24N4O. The molecule has 5 nitrogen and oxygen atoms in total. The predicted octanol–water partition coefficient (Wildman–Crippen LogP) is 3.06. The van der Waals surface area contributed by atoms with Crippen LogP contribution in [0.4, 0.5) is 10.5 Å². The number of hydrogen-bond donors (Lipinski definition) is 2. The Kier molecular flexibility index (Phi) is 5.58. The van der Waals surface area contributed by atoms with Crippen LogP contribution in [0.1, 0.15) is 24.0 Å². The average Bonchev–Trinajstić information content (AvgIpc) is 3.01. The minimum atomic E-state index is -0.257. The molecule has 1 aromatic rings. The number of amides is 2. The Balaban J connectivity index is 2.06. The summed E-state index contributed by atoms with van der Waals surface area (Å²) < 4.78 is 0. The molecule has 0 atom stereocenters. The fourth-order valence-electron chi connectivity index (χ4n) is 2.56. The zero-order valence-corrected chi connectivity index (χ0v) is 13.4. The van der Waals surface area contributed by atoms with Crippen molar-refractivity contribution in [2.75, 3.05) is 25.0 Å². The van der Waals surface area contributed by atoms with Gasteiger partial charge in [-0.25, -0.2) is 9.79 Å². The van der Waals surface area contributed by atoms with Gasteiger partial charge in [0.05, 0.1) is 6.54 Å². The number of aliphatic imine (C=N–C) groups is 1. The minimum Gasteiger partial charge on any atom is -0.343 e. The first-order valence-corrected chi connectivity index (χ1v) is 7.66. The molecule has 0 aliphatic carbocycles. The van der Waals surface area contributed by atoms with E-state index in [9.17, 15) is 4.79 Å². The lowest BCUT2D eigenvalue weighted by Crippen LogP contribution is -2.44. The smallest absolute Gasteiger partial charge is 0.326 e. The van der Waals surface area contributed by atoms with E-state index in [1.54, 1.807) is 6.08 Å². The van der Waals surface area contributed by atoms with Crippen LogP contribution >= 0.6 is 0 Å². The quantitative estimate of drug-likeness (QED) is 0.512. The van der Waals surface area contributed by atoms with E-state index >= 15 is 0 Å². The van der Waals surface area contributed by atoms with E-state index in [0.717, 1.165) is 42.7 Å². The highest BCUT2D eigenvalue weighted by Gasteiger charge is 2.18. The molecule has 1 saturated heterocycles. The van der Waals surface area contributed by atoms with Gasteiger partial charge in [0.1, 0.15) is 0 Å². The van der Waals surface area contributed by atoms with Crippen molar-refractivity contribution in [1.82, 2.24) is 10.2 Å². The van der Waals surface area contributed by atoms with Crippen LogP contribution in [0.15, 0.2) is 35.8 Å². The first-order chi connectivity index (χ1) is 10.6. The summed E-state index contributed by atoms with van der Waals surface area (Å²) >= 11 is 0. The van der Waals surface area contributed by atoms with Crippen molar-refractivity contribution in [3.63, 3.8) is 0 Å². The number of nitrogens with one attached hydrogen (secondary N) is 2. The van der Waals surface area contributed by atoms with Crippen molar-refractivity contribution < 1.29 is 4.79 Å². The summed E-state index contributed by atoms with van der Waals surface area (Å²) in [6.07, 6.45) is 3.99. The van der Waals surface area contributed by atoms with Crippen LogP contribution < -0.4 is 10.6 Å². The molecule has 0 spiro atoms. The number of nitrogens with zero attached hydrogens (tertiary/aromatic N) is 2. The van der Waals surface area contributed by atoms with Crippen LogP contribution in [0.25, 0.3) is 0 Å². The number of para-hydroxylation sites is 1. The second-order valence-electron chi connectivity index (χ2n) is 5.49. The lowest BCUT2D eigenvalue weighted by atomic mass is 10.1. The highest BCUT2D eigenvalue weighted by Crippen LogP contribution is 2.19. The van der Waals surface area contributed by atoms with Gasteiger partial charge in [0, 0.05) is 18.8 Å². The normalized spacial score (nSPS) is 14.8. The molecule has 1 aliphatic heterocycles. The Morgan fingerprint density at radius 3 is 2.55 bits per heavy atom. The number of anilines is 1. The second kappa shape index (κ2) is 7.64. The van der Waals surface area contributed by atoms with E-state index in [-0.39, 0.29) is 6.03 Å². The van der Waals surface area contributed by atoms with Gasteiger partial charge in [-0.05, 0) is 37.8 Å². The largest absolute Gasteiger partial charge is 0.343 e. The van der Waals surface area contributed by atoms with E-state index < -0.39 is 0 Å². The first kappa shape index (κ1) is 16.1. The molecule has 118 valence electrons. The molecule has 2 amide bonds. The predicted molar refractivity (Wildman–Crippen MR) is 91.4 cm³/mol. The molecule has 1 heterocycles. The second-order valence-corrected chi connectivity index (χ2v) is 5.49. The maximum absolute atomic E-state index is 12.3. The molecular weight excluding hydrogens is 276 g/mol. The summed E-state index contributed by atoms with van der Waals surface area (Å²) in [6, 6.07) is 5.69. The van der Waals surface area contributed by atoms with Crippen LogP contribution in [0.5, 0.6) is 0 Å². The van der Waals surface area contributed by atoms with Gasteiger partial charge in [0.2, 0.25) is 5.96 Å². The zero-order chi connectivity index (χ0) is 15.9. The third kappa shape index (κ3) is 4.10. The van der Waals surface area contributed by atoms with Crippen molar-refractivity contribution in [2.24, 2.45) is 4.99 Å². The molecule has 0 bridgehead atoms. The van der Waals surface area contributed by atoms with Gasteiger partial charge in [-0.3, -0.25) is 5.32 Å². The van der Waals surface area contributed by atoms with E-state index in [0.29, 0.717) is 12.5 Å². The third-order valence-corrected chi connectivity index (χ3v) is 3.72. The Bertz CT molecular complexity index is 554. The summed E-state index contributed by atoms with van der Waals surface area (Å²) in [5.74, 6) is 0.626. The lowest BCUT2D eigenvalue weighted by molar-refractivity contribution is 0.255. The SMILES string of the molecule is C=CCN=C(NC(=O)Nc1c(C)cccc1C)N1CCCC1. The fourth-order valence-corrected chi connectivity index (χ4v) is 2.56. The Morgan fingerprint density at radius 2 is 1.95 bits per heavy atom. The van der Waals surface area contributed by atoms with E-state index in [2.05, 4.69) is 27.1 Å². The first-order valence-electron chi connectivity index (χ1n) is 7.66. The summed E-state index contributed by atoms with van der Waals surface area (Å²) in [6.45, 7) is 10.00. The van der Waals surface area contributed by atoms with Gasteiger partial charge in [0.15, 0.2) is 0 Å². The number of hydrogen-bond acceptors (Lipinski definition) is 2. The molecule has 0 unspecified atom stereocenters. The van der Waals surface area contributed by atoms with Crippen LogP contribution in [0, 0.1) is 13.8 Å². The van der Waals surface area contributed by atoms with E-state index in [1.165, 1.54) is 0 Å². The highest BCUT2D eigenvalue weighted by molar-refractivity contribution is 6.03. The topological polar surface area (TPSA) is 56.7 Å².